The maximum atomic E-state index is 13.1. The molecule has 5 rings (SSSR count). The van der Waals surface area contributed by atoms with E-state index < -0.39 is 0 Å². The number of fused-ring (bicyclic) bond motifs is 4. The van der Waals surface area contributed by atoms with E-state index in [0.29, 0.717) is 27.0 Å². The van der Waals surface area contributed by atoms with E-state index in [9.17, 15) is 4.79 Å². The van der Waals surface area contributed by atoms with Gasteiger partial charge in [-0.2, -0.15) is 0 Å². The lowest BCUT2D eigenvalue weighted by Gasteiger charge is -2.13. The summed E-state index contributed by atoms with van der Waals surface area (Å²) in [6.07, 6.45) is 4.70. The zero-order valence-electron chi connectivity index (χ0n) is 14.0. The van der Waals surface area contributed by atoms with Crippen LogP contribution in [0.25, 0.3) is 37.2 Å². The first-order chi connectivity index (χ1) is 12.6. The van der Waals surface area contributed by atoms with Gasteiger partial charge in [-0.1, -0.05) is 0 Å². The molecule has 0 aliphatic heterocycles. The second-order valence-corrected chi connectivity index (χ2v) is 7.11. The fraction of sp³-hybridized carbons (Fsp3) is 0.111. The fourth-order valence-electron chi connectivity index (χ4n) is 3.09. The smallest absolute Gasteiger partial charge is 0.275 e. The highest BCUT2D eigenvalue weighted by atomic mass is 32.1. The summed E-state index contributed by atoms with van der Waals surface area (Å²) in [7, 11) is 3.93. The van der Waals surface area contributed by atoms with Crippen molar-refractivity contribution in [2.45, 2.75) is 0 Å². The van der Waals surface area contributed by atoms with Crippen molar-refractivity contribution >= 4 is 48.6 Å². The number of pyridine rings is 1. The van der Waals surface area contributed by atoms with Crippen LogP contribution in [-0.2, 0) is 0 Å². The van der Waals surface area contributed by atoms with Crippen molar-refractivity contribution in [1.82, 2.24) is 19.5 Å². The highest BCUT2D eigenvalue weighted by Crippen LogP contribution is 2.35. The molecule has 5 aromatic rings. The van der Waals surface area contributed by atoms with Gasteiger partial charge in [0.1, 0.15) is 21.4 Å². The molecule has 0 atom stereocenters. The molecule has 128 valence electrons. The minimum atomic E-state index is -0.120. The lowest BCUT2D eigenvalue weighted by atomic mass is 10.2. The molecule has 1 aromatic carbocycles. The topological polar surface area (TPSA) is 77.0 Å². The summed E-state index contributed by atoms with van der Waals surface area (Å²) < 4.78 is 7.38. The average molecular weight is 363 g/mol. The third-order valence-electron chi connectivity index (χ3n) is 4.33. The number of anilines is 1. The minimum absolute atomic E-state index is 0.120. The number of nitrogens with zero attached hydrogens (tertiary/aromatic N) is 5. The molecule has 4 heterocycles. The maximum absolute atomic E-state index is 13.1. The Morgan fingerprint density at radius 2 is 2.04 bits per heavy atom. The lowest BCUT2D eigenvalue weighted by molar-refractivity contribution is 0.602. The van der Waals surface area contributed by atoms with Crippen molar-refractivity contribution in [1.29, 1.82) is 0 Å². The predicted molar refractivity (Wildman–Crippen MR) is 102 cm³/mol. The molecular weight excluding hydrogens is 350 g/mol. The molecular formula is C18H13N5O2S. The Bertz CT molecular complexity index is 1350. The van der Waals surface area contributed by atoms with Crippen molar-refractivity contribution in [3.05, 3.63) is 53.5 Å². The third-order valence-corrected chi connectivity index (χ3v) is 5.41. The Morgan fingerprint density at radius 1 is 1.15 bits per heavy atom. The number of hydrogen-bond acceptors (Lipinski definition) is 7. The van der Waals surface area contributed by atoms with Gasteiger partial charge in [0.05, 0.1) is 22.3 Å². The Kier molecular flexibility index (Phi) is 3.10. The van der Waals surface area contributed by atoms with Crippen molar-refractivity contribution < 1.29 is 4.42 Å². The van der Waals surface area contributed by atoms with E-state index in [0.717, 1.165) is 15.9 Å². The van der Waals surface area contributed by atoms with Gasteiger partial charge in [0.15, 0.2) is 12.0 Å². The Labute approximate surface area is 151 Å². The first-order valence-corrected chi connectivity index (χ1v) is 8.75. The van der Waals surface area contributed by atoms with Gasteiger partial charge in [0.25, 0.3) is 5.56 Å². The molecule has 0 aliphatic carbocycles. The largest absolute Gasteiger partial charge is 0.443 e. The molecule has 0 radical (unpaired) electrons. The average Bonchev–Trinajstić information content (AvgIpc) is 3.25. The van der Waals surface area contributed by atoms with E-state index in [1.165, 1.54) is 22.3 Å². The summed E-state index contributed by atoms with van der Waals surface area (Å²) in [5, 5.41) is 0.911. The van der Waals surface area contributed by atoms with Crippen LogP contribution in [0, 0.1) is 0 Å². The van der Waals surface area contributed by atoms with E-state index in [1.807, 2.05) is 37.2 Å². The van der Waals surface area contributed by atoms with Gasteiger partial charge >= 0.3 is 0 Å². The highest BCUT2D eigenvalue weighted by Gasteiger charge is 2.17. The standard InChI is InChI=1S/C18H13N5O2S/c1-22(2)12-5-6-19-17-14(12)15-16(26-17)18(24)23(8-20-15)10-3-4-13-11(7-10)21-9-25-13/h3-9H,1-2H3. The molecule has 0 aliphatic rings. The highest BCUT2D eigenvalue weighted by molar-refractivity contribution is 7.25. The molecule has 0 spiro atoms. The zero-order chi connectivity index (χ0) is 17.8. The summed E-state index contributed by atoms with van der Waals surface area (Å²) >= 11 is 1.37. The summed E-state index contributed by atoms with van der Waals surface area (Å²) in [6, 6.07) is 7.36. The van der Waals surface area contributed by atoms with Crippen LogP contribution in [0.3, 0.4) is 0 Å². The molecule has 0 N–H and O–H groups in total. The Balaban J connectivity index is 1.81. The normalized spacial score (nSPS) is 11.6. The van der Waals surface area contributed by atoms with Crippen molar-refractivity contribution in [2.24, 2.45) is 0 Å². The quantitative estimate of drug-likeness (QED) is 0.479. The summed E-state index contributed by atoms with van der Waals surface area (Å²) in [6.45, 7) is 0. The molecule has 0 bridgehead atoms. The van der Waals surface area contributed by atoms with Gasteiger partial charge in [-0.3, -0.25) is 9.36 Å². The molecule has 8 heteroatoms. The molecule has 4 aromatic heterocycles. The molecule has 0 unspecified atom stereocenters. The van der Waals surface area contributed by atoms with Gasteiger partial charge < -0.3 is 9.32 Å². The van der Waals surface area contributed by atoms with Crippen molar-refractivity contribution in [3.8, 4) is 5.69 Å². The number of oxazole rings is 1. The Morgan fingerprint density at radius 3 is 2.88 bits per heavy atom. The third kappa shape index (κ3) is 2.05. The van der Waals surface area contributed by atoms with Crippen molar-refractivity contribution in [2.75, 3.05) is 19.0 Å². The first kappa shape index (κ1) is 15.0. The van der Waals surface area contributed by atoms with Gasteiger partial charge in [0.2, 0.25) is 0 Å². The van der Waals surface area contributed by atoms with Crippen LogP contribution in [0.5, 0.6) is 0 Å². The van der Waals surface area contributed by atoms with Gasteiger partial charge in [-0.25, -0.2) is 15.0 Å². The first-order valence-electron chi connectivity index (χ1n) is 7.93. The predicted octanol–water partition coefficient (Wildman–Crippen LogP) is 3.20. The van der Waals surface area contributed by atoms with Gasteiger partial charge in [0, 0.05) is 20.3 Å². The van der Waals surface area contributed by atoms with Crippen LogP contribution in [0.2, 0.25) is 0 Å². The molecule has 0 fully saturated rings. The van der Waals surface area contributed by atoms with E-state index >= 15 is 0 Å². The van der Waals surface area contributed by atoms with E-state index in [2.05, 4.69) is 15.0 Å². The second kappa shape index (κ2) is 5.37. The number of thiophene rings is 1. The number of rotatable bonds is 2. The van der Waals surface area contributed by atoms with E-state index in [4.69, 9.17) is 4.42 Å². The minimum Gasteiger partial charge on any atom is -0.443 e. The van der Waals surface area contributed by atoms with Crippen molar-refractivity contribution in [3.63, 3.8) is 0 Å². The molecule has 7 nitrogen and oxygen atoms in total. The van der Waals surface area contributed by atoms with Crippen LogP contribution in [0.4, 0.5) is 5.69 Å². The molecule has 0 saturated carbocycles. The fourth-order valence-corrected chi connectivity index (χ4v) is 4.14. The second-order valence-electron chi connectivity index (χ2n) is 6.11. The SMILES string of the molecule is CN(C)c1ccnc2sc3c(=O)n(-c4ccc5ocnc5c4)cnc3c12. The van der Waals surface area contributed by atoms with Crippen LogP contribution in [-0.4, -0.2) is 33.6 Å². The zero-order valence-corrected chi connectivity index (χ0v) is 14.8. The lowest BCUT2D eigenvalue weighted by Crippen LogP contribution is -2.17. The van der Waals surface area contributed by atoms with Gasteiger partial charge in [-0.15, -0.1) is 11.3 Å². The molecule has 26 heavy (non-hydrogen) atoms. The Hall–Kier alpha value is -3.26. The van der Waals surface area contributed by atoms with E-state index in [-0.39, 0.29) is 5.56 Å². The van der Waals surface area contributed by atoms with Gasteiger partial charge in [-0.05, 0) is 24.3 Å². The summed E-state index contributed by atoms with van der Waals surface area (Å²) in [4.78, 5) is 29.1. The number of aromatic nitrogens is 4. The molecule has 0 amide bonds. The maximum Gasteiger partial charge on any atom is 0.275 e. The summed E-state index contributed by atoms with van der Waals surface area (Å²) in [5.41, 5.74) is 3.63. The monoisotopic (exact) mass is 363 g/mol. The number of benzene rings is 1. The van der Waals surface area contributed by atoms with Crippen LogP contribution in [0.15, 0.2) is 52.4 Å². The van der Waals surface area contributed by atoms with Crippen LogP contribution >= 0.6 is 11.3 Å². The summed E-state index contributed by atoms with van der Waals surface area (Å²) in [5.74, 6) is 0. The van der Waals surface area contributed by atoms with Crippen LogP contribution < -0.4 is 10.5 Å². The van der Waals surface area contributed by atoms with E-state index in [1.54, 1.807) is 18.6 Å². The van der Waals surface area contributed by atoms with Crippen LogP contribution in [0.1, 0.15) is 0 Å². The molecule has 0 saturated heterocycles. The number of hydrogen-bond donors (Lipinski definition) is 0.